The molecule has 3 aromatic rings. The van der Waals surface area contributed by atoms with Crippen molar-refractivity contribution in [3.8, 4) is 5.69 Å². The molecule has 26 heavy (non-hydrogen) atoms. The third kappa shape index (κ3) is 3.37. The van der Waals surface area contributed by atoms with Crippen molar-refractivity contribution >= 4 is 28.6 Å². The van der Waals surface area contributed by atoms with Gasteiger partial charge in [-0.1, -0.05) is 43.0 Å². The molecule has 0 fully saturated rings. The maximum atomic E-state index is 13.0. The number of ether oxygens (including phenoxy) is 1. The van der Waals surface area contributed by atoms with E-state index < -0.39 is 0 Å². The zero-order valence-electron chi connectivity index (χ0n) is 14.9. The highest BCUT2D eigenvalue weighted by molar-refractivity contribution is 7.99. The highest BCUT2D eigenvalue weighted by atomic mass is 32.2. The van der Waals surface area contributed by atoms with E-state index in [1.807, 2.05) is 49.4 Å². The maximum Gasteiger partial charge on any atom is 0.312 e. The second kappa shape index (κ2) is 7.74. The van der Waals surface area contributed by atoms with E-state index in [9.17, 15) is 9.59 Å². The molecule has 5 nitrogen and oxygen atoms in total. The third-order valence-corrected chi connectivity index (χ3v) is 5.05. The van der Waals surface area contributed by atoms with Crippen LogP contribution in [0.3, 0.4) is 0 Å². The molecule has 0 radical (unpaired) electrons. The van der Waals surface area contributed by atoms with Crippen LogP contribution >= 0.6 is 11.8 Å². The number of esters is 1. The lowest BCUT2D eigenvalue weighted by Gasteiger charge is -2.14. The van der Waals surface area contributed by atoms with E-state index in [2.05, 4.69) is 4.98 Å². The van der Waals surface area contributed by atoms with Crippen molar-refractivity contribution in [2.75, 3.05) is 12.9 Å². The molecule has 0 saturated heterocycles. The Morgan fingerprint density at radius 3 is 2.54 bits per heavy atom. The molecule has 1 heterocycles. The molecular weight excluding hydrogens is 348 g/mol. The quantitative estimate of drug-likeness (QED) is 0.390. The second-order valence-corrected chi connectivity index (χ2v) is 7.05. The zero-order chi connectivity index (χ0) is 18.7. The minimum absolute atomic E-state index is 0.0969. The van der Waals surface area contributed by atoms with Gasteiger partial charge >= 0.3 is 5.97 Å². The average molecular weight is 368 g/mol. The molecule has 6 heteroatoms. The summed E-state index contributed by atoms with van der Waals surface area (Å²) in [5, 5.41) is 1.24. The highest BCUT2D eigenvalue weighted by Crippen LogP contribution is 2.23. The van der Waals surface area contributed by atoms with Crippen LogP contribution in [0.2, 0.25) is 0 Å². The predicted molar refractivity (Wildman–Crippen MR) is 104 cm³/mol. The number of hydrogen-bond donors (Lipinski definition) is 0. The van der Waals surface area contributed by atoms with Crippen LogP contribution in [0.5, 0.6) is 0 Å². The minimum Gasteiger partial charge on any atom is -0.469 e. The number of benzene rings is 2. The van der Waals surface area contributed by atoms with Gasteiger partial charge in [0.05, 0.1) is 29.6 Å². The molecule has 1 atom stereocenters. The van der Waals surface area contributed by atoms with Crippen LogP contribution in [-0.2, 0) is 9.53 Å². The van der Waals surface area contributed by atoms with Gasteiger partial charge in [-0.05, 0) is 42.5 Å². The van der Waals surface area contributed by atoms with Crippen LogP contribution in [-0.4, -0.2) is 28.4 Å². The van der Waals surface area contributed by atoms with Gasteiger partial charge in [0.25, 0.3) is 5.56 Å². The van der Waals surface area contributed by atoms with Crippen molar-refractivity contribution < 1.29 is 9.53 Å². The van der Waals surface area contributed by atoms with Gasteiger partial charge in [0.1, 0.15) is 0 Å². The molecule has 134 valence electrons. The van der Waals surface area contributed by atoms with Gasteiger partial charge in [-0.2, -0.15) is 0 Å². The molecule has 1 unspecified atom stereocenters. The molecule has 0 amide bonds. The van der Waals surface area contributed by atoms with Crippen molar-refractivity contribution in [2.24, 2.45) is 0 Å². The van der Waals surface area contributed by atoms with Gasteiger partial charge in [-0.3, -0.25) is 14.2 Å². The number of nitrogens with zero attached hydrogens (tertiary/aromatic N) is 2. The van der Waals surface area contributed by atoms with Gasteiger partial charge in [0.15, 0.2) is 5.16 Å². The van der Waals surface area contributed by atoms with E-state index in [4.69, 9.17) is 4.74 Å². The summed E-state index contributed by atoms with van der Waals surface area (Å²) in [5.74, 6) is 0.164. The Labute approximate surface area is 156 Å². The predicted octanol–water partition coefficient (Wildman–Crippen LogP) is 3.77. The van der Waals surface area contributed by atoms with Crippen molar-refractivity contribution in [3.63, 3.8) is 0 Å². The van der Waals surface area contributed by atoms with Crippen LogP contribution < -0.4 is 5.56 Å². The fourth-order valence-electron chi connectivity index (χ4n) is 2.79. The number of fused-ring (bicyclic) bond motifs is 1. The number of aromatic nitrogens is 2. The molecule has 0 bridgehead atoms. The van der Waals surface area contributed by atoms with E-state index in [1.54, 1.807) is 17.6 Å². The molecule has 0 aliphatic carbocycles. The second-order valence-electron chi connectivity index (χ2n) is 5.82. The van der Waals surface area contributed by atoms with E-state index in [0.717, 1.165) is 17.0 Å². The smallest absolute Gasteiger partial charge is 0.312 e. The highest BCUT2D eigenvalue weighted by Gasteiger charge is 2.17. The van der Waals surface area contributed by atoms with Crippen molar-refractivity contribution in [1.82, 2.24) is 9.55 Å². The number of para-hydroxylation sites is 1. The normalized spacial score (nSPS) is 12.1. The summed E-state index contributed by atoms with van der Waals surface area (Å²) in [6.07, 6.45) is 0. The molecule has 3 rings (SSSR count). The summed E-state index contributed by atoms with van der Waals surface area (Å²) in [7, 11) is 1.38. The Morgan fingerprint density at radius 2 is 1.88 bits per heavy atom. The van der Waals surface area contributed by atoms with Crippen LogP contribution in [0.1, 0.15) is 25.3 Å². The summed E-state index contributed by atoms with van der Waals surface area (Å²) in [6, 6.07) is 14.7. The number of rotatable bonds is 5. The lowest BCUT2D eigenvalue weighted by molar-refractivity contribution is -0.141. The largest absolute Gasteiger partial charge is 0.469 e. The fourth-order valence-corrected chi connectivity index (χ4v) is 3.53. The monoisotopic (exact) mass is 368 g/mol. The SMILES string of the molecule is CCSc1nc2ccccc2c(=O)n1-c1ccc(C(C)C(=O)OC)cc1. The van der Waals surface area contributed by atoms with E-state index in [0.29, 0.717) is 16.1 Å². The standard InChI is InChI=1S/C20H20N2O3S/c1-4-26-20-21-17-8-6-5-7-16(17)18(23)22(20)15-11-9-14(10-12-15)13(2)19(24)25-3/h5-13H,4H2,1-3H3. The topological polar surface area (TPSA) is 61.2 Å². The summed E-state index contributed by atoms with van der Waals surface area (Å²) in [6.45, 7) is 3.82. The first kappa shape index (κ1) is 18.2. The average Bonchev–Trinajstić information content (AvgIpc) is 2.67. The molecule has 0 spiro atoms. The van der Waals surface area contributed by atoms with Crippen molar-refractivity contribution in [1.29, 1.82) is 0 Å². The maximum absolute atomic E-state index is 13.0. The number of carbonyl (C=O) groups is 1. The van der Waals surface area contributed by atoms with Gasteiger partial charge in [0, 0.05) is 0 Å². The lowest BCUT2D eigenvalue weighted by atomic mass is 10.0. The molecule has 0 aliphatic rings. The summed E-state index contributed by atoms with van der Waals surface area (Å²) < 4.78 is 6.42. The minimum atomic E-state index is -0.356. The first-order valence-electron chi connectivity index (χ1n) is 8.39. The third-order valence-electron chi connectivity index (χ3n) is 4.22. The Balaban J connectivity index is 2.12. The summed E-state index contributed by atoms with van der Waals surface area (Å²) >= 11 is 1.52. The molecule has 0 aliphatic heterocycles. The van der Waals surface area contributed by atoms with E-state index in [1.165, 1.54) is 18.9 Å². The number of hydrogen-bond acceptors (Lipinski definition) is 5. The van der Waals surface area contributed by atoms with Gasteiger partial charge in [0.2, 0.25) is 0 Å². The van der Waals surface area contributed by atoms with Gasteiger partial charge in [-0.15, -0.1) is 0 Å². The molecule has 2 aromatic carbocycles. The number of thioether (sulfide) groups is 1. The van der Waals surface area contributed by atoms with Gasteiger partial charge < -0.3 is 4.74 Å². The zero-order valence-corrected chi connectivity index (χ0v) is 15.7. The molecule has 0 N–H and O–H groups in total. The van der Waals surface area contributed by atoms with Crippen molar-refractivity contribution in [3.05, 3.63) is 64.4 Å². The number of methoxy groups -OCH3 is 1. The van der Waals surface area contributed by atoms with E-state index in [-0.39, 0.29) is 17.4 Å². The summed E-state index contributed by atoms with van der Waals surface area (Å²) in [5.41, 5.74) is 2.16. The van der Waals surface area contributed by atoms with Crippen LogP contribution in [0.15, 0.2) is 58.5 Å². The molecule has 0 saturated carbocycles. The van der Waals surface area contributed by atoms with Crippen LogP contribution in [0.4, 0.5) is 0 Å². The lowest BCUT2D eigenvalue weighted by Crippen LogP contribution is -2.22. The fraction of sp³-hybridized carbons (Fsp3) is 0.250. The Hall–Kier alpha value is -2.60. The van der Waals surface area contributed by atoms with Crippen molar-refractivity contribution in [2.45, 2.75) is 24.9 Å². The molecular formula is C20H20N2O3S. The Morgan fingerprint density at radius 1 is 1.19 bits per heavy atom. The first-order chi connectivity index (χ1) is 12.6. The Bertz CT molecular complexity index is 996. The molecule has 1 aromatic heterocycles. The number of carbonyl (C=O) groups excluding carboxylic acids is 1. The summed E-state index contributed by atoms with van der Waals surface area (Å²) in [4.78, 5) is 29.4. The van der Waals surface area contributed by atoms with Crippen LogP contribution in [0, 0.1) is 0 Å². The first-order valence-corrected chi connectivity index (χ1v) is 9.38. The Kier molecular flexibility index (Phi) is 5.42. The van der Waals surface area contributed by atoms with Crippen LogP contribution in [0.25, 0.3) is 16.6 Å². The van der Waals surface area contributed by atoms with E-state index >= 15 is 0 Å². The van der Waals surface area contributed by atoms with Gasteiger partial charge in [-0.25, -0.2) is 4.98 Å².